The van der Waals surface area contributed by atoms with Gasteiger partial charge >= 0.3 is 0 Å². The molecule has 9 heteroatoms. The van der Waals surface area contributed by atoms with Crippen molar-refractivity contribution in [2.75, 3.05) is 37.1 Å². The van der Waals surface area contributed by atoms with Crippen molar-refractivity contribution in [2.24, 2.45) is 0 Å². The summed E-state index contributed by atoms with van der Waals surface area (Å²) < 4.78 is 10.7. The molecule has 0 bridgehead atoms. The second-order valence-corrected chi connectivity index (χ2v) is 9.52. The summed E-state index contributed by atoms with van der Waals surface area (Å²) in [5, 5.41) is 22.6. The third-order valence-electron chi connectivity index (χ3n) is 6.90. The fraction of sp³-hybridized carbons (Fsp3) is 0.267. The fourth-order valence-corrected chi connectivity index (χ4v) is 5.10. The third kappa shape index (κ3) is 5.00. The minimum absolute atomic E-state index is 0.134. The van der Waals surface area contributed by atoms with Crippen molar-refractivity contribution in [2.45, 2.75) is 26.8 Å². The SMILES string of the molecule is CCN(CC)c1ccc(C2/C(=C(\O)c3cc(OC)c(Cl)cc3OC)C(=O)C(=O)N2c2cc(C)ccc2O)cc1. The first-order valence-corrected chi connectivity index (χ1v) is 12.9. The van der Waals surface area contributed by atoms with Gasteiger partial charge in [0.15, 0.2) is 0 Å². The summed E-state index contributed by atoms with van der Waals surface area (Å²) in [5.41, 5.74) is 2.48. The van der Waals surface area contributed by atoms with E-state index in [0.717, 1.165) is 24.3 Å². The van der Waals surface area contributed by atoms with E-state index in [4.69, 9.17) is 21.1 Å². The minimum atomic E-state index is -1.03. The molecular weight excluding hydrogens is 520 g/mol. The lowest BCUT2D eigenvalue weighted by Crippen LogP contribution is -2.29. The van der Waals surface area contributed by atoms with Crippen LogP contribution in [0.15, 0.2) is 60.2 Å². The summed E-state index contributed by atoms with van der Waals surface area (Å²) >= 11 is 6.26. The highest BCUT2D eigenvalue weighted by atomic mass is 35.5. The van der Waals surface area contributed by atoms with E-state index in [1.165, 1.54) is 37.3 Å². The number of methoxy groups -OCH3 is 2. The molecule has 1 aliphatic rings. The van der Waals surface area contributed by atoms with Gasteiger partial charge in [-0.3, -0.25) is 14.5 Å². The summed E-state index contributed by atoms with van der Waals surface area (Å²) in [6, 6.07) is 14.1. The lowest BCUT2D eigenvalue weighted by molar-refractivity contribution is -0.132. The van der Waals surface area contributed by atoms with Crippen LogP contribution in [0.2, 0.25) is 5.02 Å². The van der Waals surface area contributed by atoms with Gasteiger partial charge in [0, 0.05) is 24.8 Å². The van der Waals surface area contributed by atoms with Gasteiger partial charge in [0.25, 0.3) is 11.7 Å². The molecule has 1 amide bonds. The van der Waals surface area contributed by atoms with Crippen LogP contribution < -0.4 is 19.3 Å². The molecule has 0 aromatic heterocycles. The third-order valence-corrected chi connectivity index (χ3v) is 7.20. The van der Waals surface area contributed by atoms with Crippen molar-refractivity contribution in [3.63, 3.8) is 0 Å². The number of benzene rings is 3. The van der Waals surface area contributed by atoms with Crippen LogP contribution >= 0.6 is 11.6 Å². The number of halogens is 1. The van der Waals surface area contributed by atoms with Crippen molar-refractivity contribution in [3.05, 3.63) is 81.9 Å². The lowest BCUT2D eigenvalue weighted by atomic mass is 9.94. The molecule has 1 saturated heterocycles. The molecule has 0 aliphatic carbocycles. The van der Waals surface area contributed by atoms with Crippen LogP contribution in [-0.2, 0) is 9.59 Å². The molecule has 8 nitrogen and oxygen atoms in total. The van der Waals surface area contributed by atoms with Gasteiger partial charge < -0.3 is 24.6 Å². The zero-order valence-electron chi connectivity index (χ0n) is 22.5. The van der Waals surface area contributed by atoms with Crippen LogP contribution in [0.5, 0.6) is 17.2 Å². The van der Waals surface area contributed by atoms with E-state index in [9.17, 15) is 19.8 Å². The highest BCUT2D eigenvalue weighted by Crippen LogP contribution is 2.47. The van der Waals surface area contributed by atoms with Gasteiger partial charge in [0.2, 0.25) is 0 Å². The highest BCUT2D eigenvalue weighted by Gasteiger charge is 2.48. The number of carbonyl (C=O) groups is 2. The Bertz CT molecular complexity index is 1450. The maximum atomic E-state index is 13.6. The first kappa shape index (κ1) is 27.9. The molecule has 39 heavy (non-hydrogen) atoms. The number of phenolic OH excluding ortho intramolecular Hbond substituents is 1. The maximum Gasteiger partial charge on any atom is 0.300 e. The number of amides is 1. The van der Waals surface area contributed by atoms with Crippen LogP contribution in [-0.4, -0.2) is 49.2 Å². The summed E-state index contributed by atoms with van der Waals surface area (Å²) in [7, 11) is 2.83. The number of anilines is 2. The van der Waals surface area contributed by atoms with Crippen LogP contribution in [0.4, 0.5) is 11.4 Å². The molecule has 0 saturated carbocycles. The number of aliphatic hydroxyl groups excluding tert-OH is 1. The van der Waals surface area contributed by atoms with Gasteiger partial charge in [-0.25, -0.2) is 0 Å². The standard InChI is InChI=1S/C30H31ClN2O6/c1-6-32(7-2)19-11-9-18(10-12-19)27-26(28(35)20-15-25(39-5)21(31)16-24(20)38-4)29(36)30(37)33(27)22-14-17(3)8-13-23(22)34/h8-16,27,34-35H,6-7H2,1-5H3/b28-26+. The fourth-order valence-electron chi connectivity index (χ4n) is 4.87. The minimum Gasteiger partial charge on any atom is -0.507 e. The van der Waals surface area contributed by atoms with Gasteiger partial charge in [-0.15, -0.1) is 0 Å². The molecule has 1 unspecified atom stereocenters. The number of hydrogen-bond acceptors (Lipinski definition) is 7. The van der Waals surface area contributed by atoms with E-state index in [2.05, 4.69) is 18.7 Å². The number of rotatable bonds is 8. The Balaban J connectivity index is 1.99. The normalized spacial score (nSPS) is 16.5. The first-order chi connectivity index (χ1) is 18.7. The smallest absolute Gasteiger partial charge is 0.300 e. The van der Waals surface area contributed by atoms with Crippen molar-refractivity contribution in [1.29, 1.82) is 0 Å². The molecule has 3 aromatic carbocycles. The number of aryl methyl sites for hydroxylation is 1. The van der Waals surface area contributed by atoms with Gasteiger partial charge in [0.05, 0.1) is 42.1 Å². The molecule has 1 fully saturated rings. The number of ether oxygens (including phenoxy) is 2. The second-order valence-electron chi connectivity index (χ2n) is 9.11. The number of ketones is 1. The zero-order chi connectivity index (χ0) is 28.4. The number of carbonyl (C=O) groups excluding carboxylic acids is 2. The van der Waals surface area contributed by atoms with E-state index < -0.39 is 23.5 Å². The van der Waals surface area contributed by atoms with Crippen LogP contribution in [0.25, 0.3) is 5.76 Å². The van der Waals surface area contributed by atoms with Gasteiger partial charge in [-0.05, 0) is 62.2 Å². The molecule has 3 aromatic rings. The van der Waals surface area contributed by atoms with Crippen LogP contribution in [0.1, 0.15) is 36.6 Å². The predicted octanol–water partition coefficient (Wildman–Crippen LogP) is 5.84. The van der Waals surface area contributed by atoms with Crippen LogP contribution in [0, 0.1) is 6.92 Å². The molecule has 1 heterocycles. The van der Waals surface area contributed by atoms with E-state index in [1.54, 1.807) is 12.1 Å². The Labute approximate surface area is 232 Å². The number of aromatic hydroxyl groups is 1. The van der Waals surface area contributed by atoms with Gasteiger partial charge in [-0.2, -0.15) is 0 Å². The largest absolute Gasteiger partial charge is 0.507 e. The summed E-state index contributed by atoms with van der Waals surface area (Å²) in [5.74, 6) is -1.95. The summed E-state index contributed by atoms with van der Waals surface area (Å²) in [4.78, 5) is 30.5. The van der Waals surface area contributed by atoms with Crippen LogP contribution in [0.3, 0.4) is 0 Å². The number of phenols is 1. The number of hydrogen-bond donors (Lipinski definition) is 2. The predicted molar refractivity (Wildman–Crippen MR) is 152 cm³/mol. The molecule has 4 rings (SSSR count). The molecule has 0 radical (unpaired) electrons. The molecule has 2 N–H and O–H groups in total. The van der Waals surface area contributed by atoms with Crippen molar-refractivity contribution in [3.8, 4) is 17.2 Å². The molecule has 1 aliphatic heterocycles. The Morgan fingerprint density at radius 2 is 1.62 bits per heavy atom. The quantitative estimate of drug-likeness (QED) is 0.206. The maximum absolute atomic E-state index is 13.6. The Kier molecular flexibility index (Phi) is 8.06. The Hall–Kier alpha value is -4.17. The molecule has 0 spiro atoms. The molecule has 1 atom stereocenters. The zero-order valence-corrected chi connectivity index (χ0v) is 23.2. The highest BCUT2D eigenvalue weighted by molar-refractivity contribution is 6.52. The monoisotopic (exact) mass is 550 g/mol. The summed E-state index contributed by atoms with van der Waals surface area (Å²) in [6.45, 7) is 7.55. The van der Waals surface area contributed by atoms with Crippen molar-refractivity contribution in [1.82, 2.24) is 0 Å². The molecule has 204 valence electrons. The lowest BCUT2D eigenvalue weighted by Gasteiger charge is -2.27. The first-order valence-electron chi connectivity index (χ1n) is 12.5. The number of Topliss-reactive ketones (excluding diaryl/α,β-unsaturated/α-hetero) is 1. The average molecular weight is 551 g/mol. The van der Waals surface area contributed by atoms with E-state index in [1.807, 2.05) is 31.2 Å². The topological polar surface area (TPSA) is 99.5 Å². The van der Waals surface area contributed by atoms with E-state index >= 15 is 0 Å². The van der Waals surface area contributed by atoms with Crippen molar-refractivity contribution >= 4 is 40.4 Å². The Morgan fingerprint density at radius 1 is 0.974 bits per heavy atom. The average Bonchev–Trinajstić information content (AvgIpc) is 3.20. The molecular formula is C30H31ClN2O6. The summed E-state index contributed by atoms with van der Waals surface area (Å²) in [6.07, 6.45) is 0. The number of nitrogens with zero attached hydrogens (tertiary/aromatic N) is 2. The Morgan fingerprint density at radius 3 is 2.21 bits per heavy atom. The van der Waals surface area contributed by atoms with Gasteiger partial charge in [0.1, 0.15) is 23.0 Å². The van der Waals surface area contributed by atoms with E-state index in [0.29, 0.717) is 5.56 Å². The van der Waals surface area contributed by atoms with Crippen molar-refractivity contribution < 1.29 is 29.3 Å². The second kappa shape index (κ2) is 11.3. The number of aliphatic hydroxyl groups is 1. The van der Waals surface area contributed by atoms with E-state index in [-0.39, 0.29) is 39.1 Å². The van der Waals surface area contributed by atoms with Gasteiger partial charge in [-0.1, -0.05) is 29.8 Å².